The van der Waals surface area contributed by atoms with Gasteiger partial charge in [0.15, 0.2) is 0 Å². The van der Waals surface area contributed by atoms with Gasteiger partial charge in [0.1, 0.15) is 5.82 Å². The first kappa shape index (κ1) is 13.8. The Morgan fingerprint density at radius 2 is 1.95 bits per heavy atom. The van der Waals surface area contributed by atoms with Gasteiger partial charge in [0.05, 0.1) is 11.6 Å². The molecule has 1 unspecified atom stereocenters. The Balaban J connectivity index is 1.99. The molecule has 0 bridgehead atoms. The maximum Gasteiger partial charge on any atom is 0.239 e. The molecule has 0 fully saturated rings. The van der Waals surface area contributed by atoms with Crippen LogP contribution in [0.15, 0.2) is 36.4 Å². The Bertz CT molecular complexity index is 768. The number of aromatic nitrogens is 2. The summed E-state index contributed by atoms with van der Waals surface area (Å²) in [5.41, 5.74) is 3.38. The van der Waals surface area contributed by atoms with E-state index in [1.807, 2.05) is 24.3 Å². The van der Waals surface area contributed by atoms with E-state index < -0.39 is 0 Å². The highest BCUT2D eigenvalue weighted by atomic mass is 32.1. The first-order valence-electron chi connectivity index (χ1n) is 6.73. The molecule has 0 saturated heterocycles. The van der Waals surface area contributed by atoms with Crippen molar-refractivity contribution in [3.05, 3.63) is 46.2 Å². The Hall–Kier alpha value is -2.18. The van der Waals surface area contributed by atoms with Crippen LogP contribution in [0.4, 0.5) is 11.8 Å². The van der Waals surface area contributed by atoms with Crippen LogP contribution in [0.25, 0.3) is 10.9 Å². The number of fused-ring (bicyclic) bond motifs is 1. The van der Waals surface area contributed by atoms with E-state index in [0.717, 1.165) is 16.7 Å². The molecule has 6 heteroatoms. The van der Waals surface area contributed by atoms with Crippen LogP contribution in [-0.4, -0.2) is 9.97 Å². The van der Waals surface area contributed by atoms with Crippen LogP contribution in [0.2, 0.25) is 0 Å². The highest BCUT2D eigenvalue weighted by Crippen LogP contribution is 2.28. The number of nitrogen functional groups attached to an aromatic ring is 1. The molecule has 0 radical (unpaired) electrons. The number of para-hydroxylation sites is 1. The minimum absolute atomic E-state index is 0.174. The van der Waals surface area contributed by atoms with Gasteiger partial charge in [0.25, 0.3) is 0 Å². The molecule has 4 N–H and O–H groups in total. The molecule has 3 rings (SSSR count). The predicted octanol–water partition coefficient (Wildman–Crippen LogP) is 3.46. The van der Waals surface area contributed by atoms with E-state index in [0.29, 0.717) is 5.95 Å². The van der Waals surface area contributed by atoms with Gasteiger partial charge in [-0.15, -0.1) is 11.3 Å². The Kier molecular flexibility index (Phi) is 3.72. The SMILES string of the molecule is Cc1ccc(C(C)Nc2nc(NN)nc3ccccc23)s1. The van der Waals surface area contributed by atoms with Crippen molar-refractivity contribution in [3.63, 3.8) is 0 Å². The summed E-state index contributed by atoms with van der Waals surface area (Å²) in [4.78, 5) is 11.4. The van der Waals surface area contributed by atoms with Gasteiger partial charge in [-0.25, -0.2) is 10.8 Å². The van der Waals surface area contributed by atoms with Crippen molar-refractivity contribution < 1.29 is 0 Å². The van der Waals surface area contributed by atoms with E-state index in [4.69, 9.17) is 5.84 Å². The van der Waals surface area contributed by atoms with Crippen molar-refractivity contribution in [3.8, 4) is 0 Å². The van der Waals surface area contributed by atoms with Crippen LogP contribution < -0.4 is 16.6 Å². The second kappa shape index (κ2) is 5.67. The summed E-state index contributed by atoms with van der Waals surface area (Å²) in [7, 11) is 0. The van der Waals surface area contributed by atoms with Crippen LogP contribution >= 0.6 is 11.3 Å². The molecule has 0 spiro atoms. The highest BCUT2D eigenvalue weighted by molar-refractivity contribution is 7.12. The van der Waals surface area contributed by atoms with Crippen molar-refractivity contribution in [1.82, 2.24) is 9.97 Å². The number of hydrogen-bond acceptors (Lipinski definition) is 6. The van der Waals surface area contributed by atoms with Gasteiger partial charge in [0.2, 0.25) is 5.95 Å². The maximum absolute atomic E-state index is 5.45. The quantitative estimate of drug-likeness (QED) is 0.508. The normalized spacial score (nSPS) is 12.3. The summed E-state index contributed by atoms with van der Waals surface area (Å²) >= 11 is 1.78. The molecule has 21 heavy (non-hydrogen) atoms. The smallest absolute Gasteiger partial charge is 0.239 e. The molecule has 108 valence electrons. The van der Waals surface area contributed by atoms with Crippen molar-refractivity contribution in [1.29, 1.82) is 0 Å². The summed E-state index contributed by atoms with van der Waals surface area (Å²) < 4.78 is 0. The fourth-order valence-electron chi connectivity index (χ4n) is 2.21. The van der Waals surface area contributed by atoms with Gasteiger partial charge in [0, 0.05) is 15.1 Å². The van der Waals surface area contributed by atoms with Gasteiger partial charge < -0.3 is 5.32 Å². The minimum atomic E-state index is 0.174. The van der Waals surface area contributed by atoms with Crippen molar-refractivity contribution in [2.45, 2.75) is 19.9 Å². The van der Waals surface area contributed by atoms with E-state index in [1.165, 1.54) is 9.75 Å². The van der Waals surface area contributed by atoms with E-state index in [2.05, 4.69) is 46.7 Å². The van der Waals surface area contributed by atoms with Gasteiger partial charge in [-0.05, 0) is 38.1 Å². The molecule has 0 amide bonds. The maximum atomic E-state index is 5.45. The lowest BCUT2D eigenvalue weighted by Crippen LogP contribution is -2.13. The van der Waals surface area contributed by atoms with Gasteiger partial charge in [-0.2, -0.15) is 4.98 Å². The summed E-state index contributed by atoms with van der Waals surface area (Å²) in [6.45, 7) is 4.23. The zero-order valence-corrected chi connectivity index (χ0v) is 12.7. The standard InChI is InChI=1S/C15H17N5S/c1-9-7-8-13(21-9)10(2)17-14-11-5-3-4-6-12(11)18-15(19-14)20-16/h3-8,10H,16H2,1-2H3,(H2,17,18,19,20). The highest BCUT2D eigenvalue weighted by Gasteiger charge is 2.12. The number of nitrogens with zero attached hydrogens (tertiary/aromatic N) is 2. The van der Waals surface area contributed by atoms with Gasteiger partial charge in [-0.1, -0.05) is 12.1 Å². The lowest BCUT2D eigenvalue weighted by Gasteiger charge is -2.15. The Labute approximate surface area is 127 Å². The molecule has 1 aromatic carbocycles. The number of nitrogens with two attached hydrogens (primary N) is 1. The van der Waals surface area contributed by atoms with Crippen LogP contribution in [0.5, 0.6) is 0 Å². The topological polar surface area (TPSA) is 75.9 Å². The van der Waals surface area contributed by atoms with E-state index in [-0.39, 0.29) is 6.04 Å². The number of benzene rings is 1. The third kappa shape index (κ3) is 2.81. The lowest BCUT2D eigenvalue weighted by atomic mass is 10.2. The average Bonchev–Trinajstić information content (AvgIpc) is 2.93. The summed E-state index contributed by atoms with van der Waals surface area (Å²) in [5.74, 6) is 6.65. The number of thiophene rings is 1. The summed E-state index contributed by atoms with van der Waals surface area (Å²) in [6.07, 6.45) is 0. The number of aryl methyl sites for hydroxylation is 1. The first-order valence-corrected chi connectivity index (χ1v) is 7.55. The second-order valence-electron chi connectivity index (χ2n) is 4.87. The van der Waals surface area contributed by atoms with E-state index in [9.17, 15) is 0 Å². The van der Waals surface area contributed by atoms with Crippen LogP contribution in [0.3, 0.4) is 0 Å². The Morgan fingerprint density at radius 1 is 1.14 bits per heavy atom. The van der Waals surface area contributed by atoms with Crippen molar-refractivity contribution in [2.75, 3.05) is 10.7 Å². The molecule has 0 aliphatic rings. The number of anilines is 2. The summed E-state index contributed by atoms with van der Waals surface area (Å²) in [6, 6.07) is 12.3. The van der Waals surface area contributed by atoms with Crippen LogP contribution in [-0.2, 0) is 0 Å². The molecular formula is C15H17N5S. The molecular weight excluding hydrogens is 282 g/mol. The average molecular weight is 299 g/mol. The molecule has 0 aliphatic heterocycles. The van der Waals surface area contributed by atoms with E-state index in [1.54, 1.807) is 11.3 Å². The third-order valence-corrected chi connectivity index (χ3v) is 4.46. The second-order valence-corrected chi connectivity index (χ2v) is 6.19. The number of nitrogens with one attached hydrogen (secondary N) is 2. The fraction of sp³-hybridized carbons (Fsp3) is 0.200. The minimum Gasteiger partial charge on any atom is -0.362 e. The molecule has 0 aliphatic carbocycles. The Morgan fingerprint density at radius 3 is 2.67 bits per heavy atom. The molecule has 0 saturated carbocycles. The molecule has 5 nitrogen and oxygen atoms in total. The third-order valence-electron chi connectivity index (χ3n) is 3.27. The predicted molar refractivity (Wildman–Crippen MR) is 88.4 cm³/mol. The molecule has 2 aromatic heterocycles. The molecule has 1 atom stereocenters. The van der Waals surface area contributed by atoms with E-state index >= 15 is 0 Å². The molecule has 2 heterocycles. The molecule has 3 aromatic rings. The fourth-order valence-corrected chi connectivity index (χ4v) is 3.09. The van der Waals surface area contributed by atoms with Crippen LogP contribution in [0, 0.1) is 6.92 Å². The zero-order valence-electron chi connectivity index (χ0n) is 11.9. The number of rotatable bonds is 4. The van der Waals surface area contributed by atoms with Crippen molar-refractivity contribution in [2.24, 2.45) is 5.84 Å². The zero-order chi connectivity index (χ0) is 14.8. The number of hydrogen-bond donors (Lipinski definition) is 3. The monoisotopic (exact) mass is 299 g/mol. The van der Waals surface area contributed by atoms with Crippen LogP contribution in [0.1, 0.15) is 22.7 Å². The lowest BCUT2D eigenvalue weighted by molar-refractivity contribution is 0.897. The van der Waals surface area contributed by atoms with Gasteiger partial charge in [-0.3, -0.25) is 5.43 Å². The summed E-state index contributed by atoms with van der Waals surface area (Å²) in [5, 5.41) is 4.44. The first-order chi connectivity index (χ1) is 10.2. The van der Waals surface area contributed by atoms with Gasteiger partial charge >= 0.3 is 0 Å². The van der Waals surface area contributed by atoms with Crippen molar-refractivity contribution >= 4 is 34.0 Å². The number of hydrazine groups is 1. The largest absolute Gasteiger partial charge is 0.362 e.